The number of hydrogen-bond acceptors (Lipinski definition) is 5. The second kappa shape index (κ2) is 9.75. The van der Waals surface area contributed by atoms with Gasteiger partial charge in [0.1, 0.15) is 23.7 Å². The predicted molar refractivity (Wildman–Crippen MR) is 117 cm³/mol. The molecule has 0 saturated carbocycles. The molecule has 4 rings (SSSR count). The number of nitrogens with one attached hydrogen (secondary N) is 1. The molecule has 1 fully saturated rings. The van der Waals surface area contributed by atoms with Crippen molar-refractivity contribution in [1.29, 1.82) is 0 Å². The number of carbonyl (C=O) groups is 1. The highest BCUT2D eigenvalue weighted by molar-refractivity contribution is 6.30. The molecule has 1 aliphatic heterocycles. The van der Waals surface area contributed by atoms with Crippen molar-refractivity contribution in [2.75, 3.05) is 18.0 Å². The van der Waals surface area contributed by atoms with Crippen LogP contribution in [0.15, 0.2) is 60.9 Å². The van der Waals surface area contributed by atoms with Crippen molar-refractivity contribution in [2.45, 2.75) is 19.4 Å². The first-order valence-corrected chi connectivity index (χ1v) is 10.5. The van der Waals surface area contributed by atoms with Crippen LogP contribution in [0.1, 0.15) is 18.4 Å². The first kappa shape index (κ1) is 21.1. The number of nitrogens with zero attached hydrogens (tertiary/aromatic N) is 3. The van der Waals surface area contributed by atoms with Crippen LogP contribution in [0.3, 0.4) is 0 Å². The quantitative estimate of drug-likeness (QED) is 0.607. The molecular formula is C23H22ClFN4O2. The van der Waals surface area contributed by atoms with Gasteiger partial charge in [0.15, 0.2) is 0 Å². The molecule has 160 valence electrons. The van der Waals surface area contributed by atoms with Crippen LogP contribution in [0.2, 0.25) is 5.02 Å². The molecule has 8 heteroatoms. The molecule has 3 aromatic rings. The molecule has 0 bridgehead atoms. The summed E-state index contributed by atoms with van der Waals surface area (Å²) in [6.07, 6.45) is 2.92. The molecule has 0 unspecified atom stereocenters. The summed E-state index contributed by atoms with van der Waals surface area (Å²) >= 11 is 5.80. The number of piperidine rings is 1. The monoisotopic (exact) mass is 440 g/mol. The molecule has 31 heavy (non-hydrogen) atoms. The van der Waals surface area contributed by atoms with Gasteiger partial charge in [0.25, 0.3) is 0 Å². The summed E-state index contributed by atoms with van der Waals surface area (Å²) in [5.41, 5.74) is 0.768. The van der Waals surface area contributed by atoms with Gasteiger partial charge >= 0.3 is 0 Å². The van der Waals surface area contributed by atoms with Crippen LogP contribution in [0.5, 0.6) is 11.6 Å². The summed E-state index contributed by atoms with van der Waals surface area (Å²) < 4.78 is 19.0. The highest BCUT2D eigenvalue weighted by atomic mass is 35.5. The number of ether oxygens (including phenoxy) is 1. The van der Waals surface area contributed by atoms with Crippen molar-refractivity contribution in [2.24, 2.45) is 5.92 Å². The largest absolute Gasteiger partial charge is 0.439 e. The number of benzene rings is 2. The lowest BCUT2D eigenvalue weighted by Crippen LogP contribution is -2.40. The first-order chi connectivity index (χ1) is 15.1. The van der Waals surface area contributed by atoms with E-state index in [1.807, 2.05) is 36.4 Å². The Kier molecular flexibility index (Phi) is 6.62. The molecule has 2 heterocycles. The normalized spacial score (nSPS) is 14.3. The van der Waals surface area contributed by atoms with Crippen molar-refractivity contribution >= 4 is 23.3 Å². The van der Waals surface area contributed by atoms with Gasteiger partial charge in [-0.3, -0.25) is 4.79 Å². The fourth-order valence-corrected chi connectivity index (χ4v) is 3.72. The smallest absolute Gasteiger partial charge is 0.224 e. The number of amides is 1. The molecule has 1 aromatic heterocycles. The van der Waals surface area contributed by atoms with E-state index in [1.165, 1.54) is 18.5 Å². The second-order valence-electron chi connectivity index (χ2n) is 7.36. The maximum atomic E-state index is 13.3. The standard InChI is InChI=1S/C23H22ClFN4O2/c24-19-12-16(6-7-20(19)25)14-26-23(30)17-8-10-29(11-9-17)21-13-22(28-15-27-21)31-18-4-2-1-3-5-18/h1-7,12-13,15,17H,8-11,14H2,(H,26,30). The van der Waals surface area contributed by atoms with Gasteiger partial charge in [0.2, 0.25) is 11.8 Å². The minimum atomic E-state index is -0.467. The summed E-state index contributed by atoms with van der Waals surface area (Å²) in [5, 5.41) is 2.98. The van der Waals surface area contributed by atoms with E-state index in [-0.39, 0.29) is 16.8 Å². The Morgan fingerprint density at radius 2 is 1.90 bits per heavy atom. The van der Waals surface area contributed by atoms with Gasteiger partial charge in [-0.15, -0.1) is 0 Å². The maximum Gasteiger partial charge on any atom is 0.224 e. The number of aromatic nitrogens is 2. The number of halogens is 2. The molecule has 0 radical (unpaired) electrons. The van der Waals surface area contributed by atoms with Crippen molar-refractivity contribution in [3.05, 3.63) is 77.3 Å². The van der Waals surface area contributed by atoms with Crippen molar-refractivity contribution in [3.63, 3.8) is 0 Å². The summed E-state index contributed by atoms with van der Waals surface area (Å²) in [4.78, 5) is 23.2. The second-order valence-corrected chi connectivity index (χ2v) is 7.76. The molecule has 0 aliphatic carbocycles. The summed E-state index contributed by atoms with van der Waals surface area (Å²) in [7, 11) is 0. The maximum absolute atomic E-state index is 13.3. The van der Waals surface area contributed by atoms with Crippen LogP contribution < -0.4 is 15.0 Å². The van der Waals surface area contributed by atoms with E-state index in [0.29, 0.717) is 31.3 Å². The Morgan fingerprint density at radius 1 is 1.13 bits per heavy atom. The van der Waals surface area contributed by atoms with Crippen LogP contribution in [-0.2, 0) is 11.3 Å². The van der Waals surface area contributed by atoms with Crippen molar-refractivity contribution in [3.8, 4) is 11.6 Å². The number of hydrogen-bond donors (Lipinski definition) is 1. The van der Waals surface area contributed by atoms with Gasteiger partial charge in [-0.1, -0.05) is 35.9 Å². The lowest BCUT2D eigenvalue weighted by atomic mass is 9.96. The minimum Gasteiger partial charge on any atom is -0.439 e. The fraction of sp³-hybridized carbons (Fsp3) is 0.261. The molecule has 0 spiro atoms. The molecule has 1 aliphatic rings. The Bertz CT molecular complexity index is 1040. The van der Waals surface area contributed by atoms with E-state index in [1.54, 1.807) is 6.07 Å². The third kappa shape index (κ3) is 5.49. The van der Waals surface area contributed by atoms with Crippen LogP contribution in [0.25, 0.3) is 0 Å². The molecule has 1 amide bonds. The molecule has 0 atom stereocenters. The highest BCUT2D eigenvalue weighted by Crippen LogP contribution is 2.26. The zero-order chi connectivity index (χ0) is 21.6. The van der Waals surface area contributed by atoms with Gasteiger partial charge in [0, 0.05) is 31.6 Å². The SMILES string of the molecule is O=C(NCc1ccc(F)c(Cl)c1)C1CCN(c2cc(Oc3ccccc3)ncn2)CC1. The van der Waals surface area contributed by atoms with Gasteiger partial charge in [-0.2, -0.15) is 0 Å². The van der Waals surface area contributed by atoms with Gasteiger partial charge in [0.05, 0.1) is 5.02 Å². The summed E-state index contributed by atoms with van der Waals surface area (Å²) in [6.45, 7) is 1.75. The van der Waals surface area contributed by atoms with E-state index < -0.39 is 5.82 Å². The third-order valence-corrected chi connectivity index (χ3v) is 5.52. The first-order valence-electron chi connectivity index (χ1n) is 10.1. The Labute approximate surface area is 185 Å². The zero-order valence-corrected chi connectivity index (χ0v) is 17.6. The topological polar surface area (TPSA) is 67.4 Å². The number of rotatable bonds is 6. The number of anilines is 1. The van der Waals surface area contributed by atoms with Gasteiger partial charge < -0.3 is 15.0 Å². The van der Waals surface area contributed by atoms with Crippen molar-refractivity contribution < 1.29 is 13.9 Å². The number of para-hydroxylation sites is 1. The minimum absolute atomic E-state index is 0.00381. The van der Waals surface area contributed by atoms with Gasteiger partial charge in [-0.25, -0.2) is 14.4 Å². The summed E-state index contributed by atoms with van der Waals surface area (Å²) in [5.74, 6) is 1.43. The zero-order valence-electron chi connectivity index (χ0n) is 16.8. The van der Waals surface area contributed by atoms with Crippen LogP contribution in [0, 0.1) is 11.7 Å². The fourth-order valence-electron chi connectivity index (χ4n) is 3.52. The Balaban J connectivity index is 1.29. The number of carbonyl (C=O) groups excluding carboxylic acids is 1. The lowest BCUT2D eigenvalue weighted by Gasteiger charge is -2.32. The van der Waals surface area contributed by atoms with E-state index in [0.717, 1.165) is 24.2 Å². The molecule has 1 N–H and O–H groups in total. The lowest BCUT2D eigenvalue weighted by molar-refractivity contribution is -0.125. The third-order valence-electron chi connectivity index (χ3n) is 5.23. The van der Waals surface area contributed by atoms with E-state index >= 15 is 0 Å². The molecule has 1 saturated heterocycles. The Morgan fingerprint density at radius 3 is 2.65 bits per heavy atom. The van der Waals surface area contributed by atoms with Gasteiger partial charge in [-0.05, 0) is 42.7 Å². The van der Waals surface area contributed by atoms with E-state index in [2.05, 4.69) is 20.2 Å². The Hall–Kier alpha value is -3.19. The molecular weight excluding hydrogens is 419 g/mol. The highest BCUT2D eigenvalue weighted by Gasteiger charge is 2.25. The van der Waals surface area contributed by atoms with Crippen LogP contribution in [0.4, 0.5) is 10.2 Å². The average molecular weight is 441 g/mol. The van der Waals surface area contributed by atoms with E-state index in [9.17, 15) is 9.18 Å². The van der Waals surface area contributed by atoms with Crippen molar-refractivity contribution in [1.82, 2.24) is 15.3 Å². The molecule has 2 aromatic carbocycles. The summed E-state index contributed by atoms with van der Waals surface area (Å²) in [6, 6.07) is 15.7. The van der Waals surface area contributed by atoms with E-state index in [4.69, 9.17) is 16.3 Å². The predicted octanol–water partition coefficient (Wildman–Crippen LogP) is 4.59. The van der Waals surface area contributed by atoms with Crippen LogP contribution in [-0.4, -0.2) is 29.0 Å². The van der Waals surface area contributed by atoms with Crippen LogP contribution >= 0.6 is 11.6 Å². The average Bonchev–Trinajstić information content (AvgIpc) is 2.80. The molecule has 6 nitrogen and oxygen atoms in total.